The highest BCUT2D eigenvalue weighted by atomic mass is 32.1. The van der Waals surface area contributed by atoms with E-state index in [9.17, 15) is 19.2 Å². The van der Waals surface area contributed by atoms with Gasteiger partial charge in [0.05, 0.1) is 50.5 Å². The minimum Gasteiger partial charge on any atom is -0.497 e. The summed E-state index contributed by atoms with van der Waals surface area (Å²) in [7, 11) is 4.61. The smallest absolute Gasteiger partial charge is 0.299 e. The molecule has 1 aliphatic rings. The number of carbonyl (C=O) groups excluding carboxylic acids is 4. The molecule has 4 aromatic rings. The van der Waals surface area contributed by atoms with Gasteiger partial charge in [-0.05, 0) is 54.4 Å². The van der Waals surface area contributed by atoms with Crippen LogP contribution in [0.2, 0.25) is 0 Å². The van der Waals surface area contributed by atoms with Crippen molar-refractivity contribution < 1.29 is 33.4 Å². The Bertz CT molecular complexity index is 1770. The maximum Gasteiger partial charge on any atom is 0.299 e. The largest absolute Gasteiger partial charge is 0.497 e. The van der Waals surface area contributed by atoms with Crippen molar-refractivity contribution in [2.75, 3.05) is 38.1 Å². The topological polar surface area (TPSA) is 127 Å². The minimum absolute atomic E-state index is 0.00665. The molecule has 2 heterocycles. The van der Waals surface area contributed by atoms with Gasteiger partial charge in [-0.3, -0.25) is 24.1 Å². The summed E-state index contributed by atoms with van der Waals surface area (Å²) in [6, 6.07) is 18.0. The zero-order valence-electron chi connectivity index (χ0n) is 26.1. The van der Waals surface area contributed by atoms with Crippen LogP contribution in [0.1, 0.15) is 29.2 Å². The number of hydrogen-bond donors (Lipinski definition) is 1. The Morgan fingerprint density at radius 3 is 2.30 bits per heavy atom. The lowest BCUT2D eigenvalue weighted by molar-refractivity contribution is -0.140. The summed E-state index contributed by atoms with van der Waals surface area (Å²) in [4.78, 5) is 61.2. The van der Waals surface area contributed by atoms with E-state index in [0.717, 1.165) is 5.56 Å². The van der Waals surface area contributed by atoms with Crippen LogP contribution in [-0.2, 0) is 20.9 Å². The van der Waals surface area contributed by atoms with E-state index in [1.807, 2.05) is 43.5 Å². The average Bonchev–Trinajstić information content (AvgIpc) is 3.63. The number of nitrogens with zero attached hydrogens (tertiary/aromatic N) is 3. The van der Waals surface area contributed by atoms with Crippen LogP contribution in [0.5, 0.6) is 17.2 Å². The second-order valence-electron chi connectivity index (χ2n) is 10.9. The highest BCUT2D eigenvalue weighted by Gasteiger charge is 2.40. The van der Waals surface area contributed by atoms with E-state index in [4.69, 9.17) is 19.2 Å². The Morgan fingerprint density at radius 2 is 1.63 bits per heavy atom. The van der Waals surface area contributed by atoms with E-state index in [-0.39, 0.29) is 18.0 Å². The zero-order valence-corrected chi connectivity index (χ0v) is 26.9. The Kier molecular flexibility index (Phi) is 9.67. The van der Waals surface area contributed by atoms with Crippen LogP contribution in [0.3, 0.4) is 0 Å². The summed E-state index contributed by atoms with van der Waals surface area (Å²) in [5.41, 5.74) is 2.56. The summed E-state index contributed by atoms with van der Waals surface area (Å²) >= 11 is 1.35. The molecule has 1 unspecified atom stereocenters. The molecule has 0 aliphatic carbocycles. The second kappa shape index (κ2) is 13.8. The number of amides is 3. The van der Waals surface area contributed by atoms with Crippen LogP contribution in [0, 0.1) is 5.92 Å². The van der Waals surface area contributed by atoms with Crippen LogP contribution >= 0.6 is 11.3 Å². The van der Waals surface area contributed by atoms with Crippen LogP contribution in [0.4, 0.5) is 11.4 Å². The maximum atomic E-state index is 14.2. The van der Waals surface area contributed by atoms with E-state index >= 15 is 0 Å². The number of thiazole rings is 1. The van der Waals surface area contributed by atoms with Gasteiger partial charge < -0.3 is 24.4 Å². The zero-order chi connectivity index (χ0) is 33.0. The molecule has 0 fully saturated rings. The number of hydrogen-bond acceptors (Lipinski definition) is 9. The van der Waals surface area contributed by atoms with E-state index in [1.54, 1.807) is 49.6 Å². The monoisotopic (exact) mass is 642 g/mol. The number of benzene rings is 3. The van der Waals surface area contributed by atoms with Crippen molar-refractivity contribution in [1.29, 1.82) is 0 Å². The van der Waals surface area contributed by atoms with Crippen LogP contribution in [-0.4, -0.2) is 67.3 Å². The van der Waals surface area contributed by atoms with Gasteiger partial charge in [0.2, 0.25) is 11.8 Å². The van der Waals surface area contributed by atoms with Gasteiger partial charge >= 0.3 is 0 Å². The lowest BCUT2D eigenvalue weighted by atomic mass is 10.0. The van der Waals surface area contributed by atoms with Crippen LogP contribution in [0.15, 0.2) is 72.1 Å². The number of rotatable bonds is 12. The molecule has 3 amide bonds. The van der Waals surface area contributed by atoms with Gasteiger partial charge in [-0.2, -0.15) is 0 Å². The fraction of sp³-hybridized carbons (Fsp3) is 0.265. The maximum absolute atomic E-state index is 14.2. The van der Waals surface area contributed by atoms with Crippen molar-refractivity contribution in [2.24, 2.45) is 5.92 Å². The number of Topliss-reactive ketones (excluding diaryl/α,β-unsaturated/α-hetero) is 1. The van der Waals surface area contributed by atoms with Gasteiger partial charge in [-0.1, -0.05) is 26.0 Å². The Morgan fingerprint density at radius 1 is 0.935 bits per heavy atom. The molecule has 0 saturated heterocycles. The fourth-order valence-electron chi connectivity index (χ4n) is 5.31. The lowest BCUT2D eigenvalue weighted by Gasteiger charge is -2.34. The summed E-state index contributed by atoms with van der Waals surface area (Å²) in [5, 5.41) is 5.37. The molecular weight excluding hydrogens is 608 g/mol. The molecular formula is C34H34N4O7S. The predicted octanol–water partition coefficient (Wildman–Crippen LogP) is 5.06. The molecule has 12 heteroatoms. The van der Waals surface area contributed by atoms with Crippen LogP contribution < -0.4 is 24.4 Å². The van der Waals surface area contributed by atoms with E-state index in [2.05, 4.69) is 5.32 Å². The van der Waals surface area contributed by atoms with Crippen molar-refractivity contribution in [3.63, 3.8) is 0 Å². The summed E-state index contributed by atoms with van der Waals surface area (Å²) in [6.45, 7) is 3.23. The van der Waals surface area contributed by atoms with Gasteiger partial charge in [0, 0.05) is 17.0 Å². The first kappa shape index (κ1) is 32.2. The third-order valence-electron chi connectivity index (χ3n) is 7.64. The van der Waals surface area contributed by atoms with E-state index < -0.39 is 36.1 Å². The number of carbonyl (C=O) groups is 4. The molecule has 11 nitrogen and oxygen atoms in total. The first-order valence-electron chi connectivity index (χ1n) is 14.5. The van der Waals surface area contributed by atoms with E-state index in [1.165, 1.54) is 35.4 Å². The quantitative estimate of drug-likeness (QED) is 0.213. The minimum atomic E-state index is -0.976. The fourth-order valence-corrected chi connectivity index (χ4v) is 6.11. The molecule has 1 aromatic heterocycles. The van der Waals surface area contributed by atoms with Gasteiger partial charge in [-0.15, -0.1) is 11.3 Å². The van der Waals surface area contributed by atoms with Gasteiger partial charge in [0.25, 0.3) is 11.7 Å². The number of fused-ring (bicyclic) bond motifs is 1. The van der Waals surface area contributed by atoms with Crippen molar-refractivity contribution in [3.05, 3.63) is 82.7 Å². The first-order valence-corrected chi connectivity index (χ1v) is 15.4. The van der Waals surface area contributed by atoms with Crippen molar-refractivity contribution in [1.82, 2.24) is 9.88 Å². The Balaban J connectivity index is 1.48. The average molecular weight is 643 g/mol. The third-order valence-corrected chi connectivity index (χ3v) is 8.47. The second-order valence-corrected chi connectivity index (χ2v) is 11.8. The summed E-state index contributed by atoms with van der Waals surface area (Å²) in [6.07, 6.45) is 0. The van der Waals surface area contributed by atoms with Crippen molar-refractivity contribution >= 4 is 46.2 Å². The first-order chi connectivity index (χ1) is 22.1. The molecule has 0 bridgehead atoms. The number of methoxy groups -OCH3 is 3. The molecule has 46 heavy (non-hydrogen) atoms. The van der Waals surface area contributed by atoms with Gasteiger partial charge in [-0.25, -0.2) is 4.98 Å². The molecule has 238 valence electrons. The molecule has 0 spiro atoms. The molecule has 1 atom stereocenters. The highest BCUT2D eigenvalue weighted by molar-refractivity contribution is 7.09. The van der Waals surface area contributed by atoms with Gasteiger partial charge in [0.15, 0.2) is 0 Å². The third kappa shape index (κ3) is 6.57. The molecule has 5 rings (SSSR count). The predicted molar refractivity (Wildman–Crippen MR) is 175 cm³/mol. The standard InChI is InChI=1S/C34H34N4O7S/c1-20(2)31(33(41)36-25-15-14-23(44-4)16-28(25)45-5)38(17-29-35-26(19-46-29)21-10-12-22(43-3)13-11-21)30(39)18-37-27-9-7-6-8-24(27)32(40)34(37)42/h6-16,19-20,31H,17-18H2,1-5H3,(H,36,41). The van der Waals surface area contributed by atoms with Crippen molar-refractivity contribution in [3.8, 4) is 28.5 Å². The molecule has 1 aliphatic heterocycles. The number of nitrogens with one attached hydrogen (secondary N) is 1. The molecule has 0 radical (unpaired) electrons. The Labute approximate surface area is 270 Å². The van der Waals surface area contributed by atoms with Crippen molar-refractivity contribution in [2.45, 2.75) is 26.4 Å². The highest BCUT2D eigenvalue weighted by Crippen LogP contribution is 2.32. The number of ether oxygens (including phenoxy) is 3. The van der Waals surface area contributed by atoms with E-state index in [0.29, 0.717) is 39.3 Å². The molecule has 3 aromatic carbocycles. The van der Waals surface area contributed by atoms with Gasteiger partial charge in [0.1, 0.15) is 34.8 Å². The normalized spacial score (nSPS) is 13.0. The number of para-hydroxylation sites is 1. The lowest BCUT2D eigenvalue weighted by Crippen LogP contribution is -2.53. The SMILES string of the molecule is COc1ccc(-c2csc(CN(C(=O)CN3C(=O)C(=O)c4ccccc43)C(C(=O)Nc3ccc(OC)cc3OC)C(C)C)n2)cc1. The number of anilines is 2. The Hall–Kier alpha value is -5.23. The summed E-state index contributed by atoms with van der Waals surface area (Å²) < 4.78 is 16.0. The molecule has 1 N–H and O–H groups in total. The number of ketones is 1. The van der Waals surface area contributed by atoms with Crippen LogP contribution in [0.25, 0.3) is 11.3 Å². The molecule has 0 saturated carbocycles. The number of aromatic nitrogens is 1. The summed E-state index contributed by atoms with van der Waals surface area (Å²) in [5.74, 6) is -1.15.